The standard InChI is InChI=1S/C17H24N8O/c1-10(9-26-3)25-8-14(23-24-25)20-17-21-15-13(6-7-18-15)16(22-17)19-11(2)12-4-5-12/h6-8,10-12H,4-5,9H2,1-3H3,(H3,18,19,20,21,22)/t10-,11-/m1/s1. The monoisotopic (exact) mass is 356 g/mol. The number of fused-ring (bicyclic) bond motifs is 1. The Kier molecular flexibility index (Phi) is 4.46. The number of rotatable bonds is 8. The van der Waals surface area contributed by atoms with Crippen LogP contribution in [0.4, 0.5) is 17.6 Å². The van der Waals surface area contributed by atoms with E-state index in [1.807, 2.05) is 25.4 Å². The zero-order chi connectivity index (χ0) is 18.1. The van der Waals surface area contributed by atoms with Crippen LogP contribution in [0.5, 0.6) is 0 Å². The topological polar surface area (TPSA) is 106 Å². The number of hydrogen-bond acceptors (Lipinski definition) is 7. The summed E-state index contributed by atoms with van der Waals surface area (Å²) in [6, 6.07) is 2.49. The number of aromatic amines is 1. The zero-order valence-electron chi connectivity index (χ0n) is 15.2. The Labute approximate surface area is 151 Å². The lowest BCUT2D eigenvalue weighted by Gasteiger charge is -2.15. The minimum Gasteiger partial charge on any atom is -0.382 e. The molecule has 3 N–H and O–H groups in total. The van der Waals surface area contributed by atoms with Crippen LogP contribution in [-0.2, 0) is 4.74 Å². The Morgan fingerprint density at radius 2 is 2.19 bits per heavy atom. The second-order valence-electron chi connectivity index (χ2n) is 6.92. The number of H-pyrrole nitrogens is 1. The van der Waals surface area contributed by atoms with Crippen LogP contribution in [0.1, 0.15) is 32.7 Å². The van der Waals surface area contributed by atoms with Gasteiger partial charge in [0.1, 0.15) is 11.5 Å². The van der Waals surface area contributed by atoms with Gasteiger partial charge < -0.3 is 20.4 Å². The second kappa shape index (κ2) is 6.91. The first-order valence-electron chi connectivity index (χ1n) is 8.93. The number of nitrogens with zero attached hydrogens (tertiary/aromatic N) is 5. The van der Waals surface area contributed by atoms with Gasteiger partial charge in [-0.05, 0) is 38.7 Å². The van der Waals surface area contributed by atoms with Crippen LogP contribution >= 0.6 is 0 Å². The molecule has 4 rings (SSSR count). The molecule has 0 spiro atoms. The van der Waals surface area contributed by atoms with E-state index in [4.69, 9.17) is 4.74 Å². The van der Waals surface area contributed by atoms with Crippen molar-refractivity contribution in [3.63, 3.8) is 0 Å². The van der Waals surface area contributed by atoms with Crippen molar-refractivity contribution in [3.8, 4) is 0 Å². The average molecular weight is 356 g/mol. The third-order valence-corrected chi connectivity index (χ3v) is 4.72. The third-order valence-electron chi connectivity index (χ3n) is 4.72. The zero-order valence-corrected chi connectivity index (χ0v) is 15.2. The van der Waals surface area contributed by atoms with Gasteiger partial charge in [0.2, 0.25) is 5.95 Å². The molecule has 1 aliphatic carbocycles. The van der Waals surface area contributed by atoms with Crippen molar-refractivity contribution in [2.24, 2.45) is 5.92 Å². The van der Waals surface area contributed by atoms with E-state index in [0.717, 1.165) is 22.8 Å². The van der Waals surface area contributed by atoms with Crippen molar-refractivity contribution in [3.05, 3.63) is 18.5 Å². The molecular weight excluding hydrogens is 332 g/mol. The average Bonchev–Trinajstić information content (AvgIpc) is 3.18. The number of anilines is 3. The Hall–Kier alpha value is -2.68. The molecule has 9 nitrogen and oxygen atoms in total. The molecular formula is C17H24N8O. The van der Waals surface area contributed by atoms with Gasteiger partial charge in [0, 0.05) is 19.3 Å². The van der Waals surface area contributed by atoms with Crippen LogP contribution in [0, 0.1) is 5.92 Å². The van der Waals surface area contributed by atoms with E-state index >= 15 is 0 Å². The summed E-state index contributed by atoms with van der Waals surface area (Å²) in [5.74, 6) is 2.65. The maximum absolute atomic E-state index is 5.16. The number of aromatic nitrogens is 6. The molecule has 0 unspecified atom stereocenters. The van der Waals surface area contributed by atoms with Crippen molar-refractivity contribution in [1.82, 2.24) is 29.9 Å². The summed E-state index contributed by atoms with van der Waals surface area (Å²) in [5, 5.41) is 15.9. The van der Waals surface area contributed by atoms with E-state index in [2.05, 4.69) is 42.8 Å². The summed E-state index contributed by atoms with van der Waals surface area (Å²) < 4.78 is 6.91. The predicted octanol–water partition coefficient (Wildman–Crippen LogP) is 2.71. The first-order valence-corrected chi connectivity index (χ1v) is 8.93. The van der Waals surface area contributed by atoms with Crippen molar-refractivity contribution in [2.75, 3.05) is 24.4 Å². The Morgan fingerprint density at radius 1 is 1.35 bits per heavy atom. The quantitative estimate of drug-likeness (QED) is 0.570. The molecule has 1 aliphatic rings. The molecule has 9 heteroatoms. The van der Waals surface area contributed by atoms with Crippen LogP contribution in [0.15, 0.2) is 18.5 Å². The maximum Gasteiger partial charge on any atom is 0.232 e. The largest absolute Gasteiger partial charge is 0.382 e. The Bertz CT molecular complexity index is 884. The highest BCUT2D eigenvalue weighted by molar-refractivity contribution is 5.88. The molecule has 0 saturated heterocycles. The fraction of sp³-hybridized carbons (Fsp3) is 0.529. The molecule has 2 atom stereocenters. The fourth-order valence-corrected chi connectivity index (χ4v) is 3.02. The lowest BCUT2D eigenvalue weighted by Crippen LogP contribution is -2.18. The summed E-state index contributed by atoms with van der Waals surface area (Å²) in [5.41, 5.74) is 0.785. The number of nitrogens with one attached hydrogen (secondary N) is 3. The minimum atomic E-state index is 0.103. The SMILES string of the molecule is COC[C@@H](C)n1cc(Nc2nc(N[C@H](C)C3CC3)c3cc[nH]c3n2)nn1. The molecule has 3 heterocycles. The van der Waals surface area contributed by atoms with Gasteiger partial charge in [0.05, 0.1) is 24.2 Å². The van der Waals surface area contributed by atoms with Gasteiger partial charge in [-0.2, -0.15) is 9.97 Å². The van der Waals surface area contributed by atoms with Crippen LogP contribution < -0.4 is 10.6 Å². The molecule has 26 heavy (non-hydrogen) atoms. The van der Waals surface area contributed by atoms with E-state index in [1.54, 1.807) is 11.8 Å². The van der Waals surface area contributed by atoms with Gasteiger partial charge in [-0.1, -0.05) is 5.21 Å². The summed E-state index contributed by atoms with van der Waals surface area (Å²) in [6.45, 7) is 4.79. The molecule has 0 bridgehead atoms. The van der Waals surface area contributed by atoms with E-state index < -0.39 is 0 Å². The van der Waals surface area contributed by atoms with Gasteiger partial charge in [0.25, 0.3) is 0 Å². The number of ether oxygens (including phenoxy) is 1. The van der Waals surface area contributed by atoms with Gasteiger partial charge in [-0.15, -0.1) is 5.10 Å². The summed E-state index contributed by atoms with van der Waals surface area (Å²) in [7, 11) is 1.67. The summed E-state index contributed by atoms with van der Waals surface area (Å²) in [4.78, 5) is 12.3. The Morgan fingerprint density at radius 3 is 2.96 bits per heavy atom. The molecule has 1 fully saturated rings. The molecule has 0 amide bonds. The fourth-order valence-electron chi connectivity index (χ4n) is 3.02. The van der Waals surface area contributed by atoms with Crippen LogP contribution in [-0.4, -0.2) is 49.7 Å². The first-order chi connectivity index (χ1) is 12.6. The van der Waals surface area contributed by atoms with Crippen molar-refractivity contribution < 1.29 is 4.74 Å². The first kappa shape index (κ1) is 16.8. The summed E-state index contributed by atoms with van der Waals surface area (Å²) in [6.07, 6.45) is 6.26. The molecule has 1 saturated carbocycles. The number of methoxy groups -OCH3 is 1. The maximum atomic E-state index is 5.16. The molecule has 3 aromatic rings. The molecule has 0 aliphatic heterocycles. The molecule has 0 radical (unpaired) electrons. The number of hydrogen-bond donors (Lipinski definition) is 3. The van der Waals surface area contributed by atoms with Crippen LogP contribution in [0.3, 0.4) is 0 Å². The van der Waals surface area contributed by atoms with Gasteiger partial charge in [-0.3, -0.25) is 0 Å². The highest BCUT2D eigenvalue weighted by Crippen LogP contribution is 2.34. The van der Waals surface area contributed by atoms with Crippen molar-refractivity contribution >= 4 is 28.6 Å². The van der Waals surface area contributed by atoms with Gasteiger partial charge in [-0.25, -0.2) is 4.68 Å². The van der Waals surface area contributed by atoms with E-state index in [0.29, 0.717) is 24.4 Å². The predicted molar refractivity (Wildman–Crippen MR) is 99.6 cm³/mol. The molecule has 3 aromatic heterocycles. The summed E-state index contributed by atoms with van der Waals surface area (Å²) >= 11 is 0. The molecule has 0 aromatic carbocycles. The van der Waals surface area contributed by atoms with Crippen molar-refractivity contribution in [1.29, 1.82) is 0 Å². The highest BCUT2D eigenvalue weighted by atomic mass is 16.5. The van der Waals surface area contributed by atoms with Gasteiger partial charge >= 0.3 is 0 Å². The normalized spacial score (nSPS) is 16.6. The van der Waals surface area contributed by atoms with E-state index in [-0.39, 0.29) is 6.04 Å². The van der Waals surface area contributed by atoms with E-state index in [1.165, 1.54) is 12.8 Å². The lowest BCUT2D eigenvalue weighted by atomic mass is 10.2. The third kappa shape index (κ3) is 3.48. The smallest absolute Gasteiger partial charge is 0.232 e. The van der Waals surface area contributed by atoms with Crippen LogP contribution in [0.25, 0.3) is 11.0 Å². The molecule has 138 valence electrons. The van der Waals surface area contributed by atoms with Crippen molar-refractivity contribution in [2.45, 2.75) is 38.8 Å². The van der Waals surface area contributed by atoms with Gasteiger partial charge in [0.15, 0.2) is 5.82 Å². The van der Waals surface area contributed by atoms with Crippen LogP contribution in [0.2, 0.25) is 0 Å². The second-order valence-corrected chi connectivity index (χ2v) is 6.92. The van der Waals surface area contributed by atoms with E-state index in [9.17, 15) is 0 Å². The Balaban J connectivity index is 1.56. The minimum absolute atomic E-state index is 0.103. The lowest BCUT2D eigenvalue weighted by molar-refractivity contribution is 0.156. The highest BCUT2D eigenvalue weighted by Gasteiger charge is 2.28.